The Morgan fingerprint density at radius 1 is 0.579 bits per heavy atom. The van der Waals surface area contributed by atoms with Crippen LogP contribution in [-0.4, -0.2) is 36.0 Å². The molecule has 0 aliphatic rings. The highest BCUT2D eigenvalue weighted by Crippen LogP contribution is 2.16. The third kappa shape index (κ3) is 8.15. The standard InChI is InChI=1S/C33H28O5/c34-29(23-37-30-17-11-26(12-18-30)14-22-32(35)27-9-5-2-6-10-27)24-38-31-19-15-28(16-20-31)33(36)21-13-25-7-3-1-4-8-25/h1-22,29,34H,23-24H2/b21-13+,22-14-/t29-/m0/s1. The van der Waals surface area contributed by atoms with E-state index in [0.29, 0.717) is 22.6 Å². The molecule has 5 heteroatoms. The van der Waals surface area contributed by atoms with Gasteiger partial charge in [0.2, 0.25) is 0 Å². The molecule has 38 heavy (non-hydrogen) atoms. The normalized spacial score (nSPS) is 11.9. The Bertz CT molecular complexity index is 1370. The van der Waals surface area contributed by atoms with Gasteiger partial charge in [-0.05, 0) is 59.7 Å². The second kappa shape index (κ2) is 13.5. The van der Waals surface area contributed by atoms with Gasteiger partial charge in [-0.1, -0.05) is 84.9 Å². The molecule has 0 bridgehead atoms. The highest BCUT2D eigenvalue weighted by atomic mass is 16.5. The summed E-state index contributed by atoms with van der Waals surface area (Å²) in [5.74, 6) is 0.990. The van der Waals surface area contributed by atoms with Gasteiger partial charge in [0.25, 0.3) is 0 Å². The van der Waals surface area contributed by atoms with Gasteiger partial charge in [-0.3, -0.25) is 9.59 Å². The molecule has 5 nitrogen and oxygen atoms in total. The van der Waals surface area contributed by atoms with Crippen LogP contribution in [0.5, 0.6) is 11.5 Å². The number of allylic oxidation sites excluding steroid dienone is 2. The fraction of sp³-hybridized carbons (Fsp3) is 0.0909. The topological polar surface area (TPSA) is 72.8 Å². The monoisotopic (exact) mass is 504 g/mol. The molecule has 0 heterocycles. The van der Waals surface area contributed by atoms with Crippen molar-refractivity contribution in [2.45, 2.75) is 6.10 Å². The molecule has 4 rings (SSSR count). The van der Waals surface area contributed by atoms with Crippen LogP contribution in [0.25, 0.3) is 12.2 Å². The zero-order valence-corrected chi connectivity index (χ0v) is 20.8. The summed E-state index contributed by atoms with van der Waals surface area (Å²) >= 11 is 0. The van der Waals surface area contributed by atoms with Gasteiger partial charge in [-0.2, -0.15) is 0 Å². The van der Waals surface area contributed by atoms with E-state index < -0.39 is 6.10 Å². The molecule has 4 aromatic carbocycles. The number of rotatable bonds is 12. The SMILES string of the molecule is O=C(/C=C\c1ccc(OC[C@H](O)COc2ccc(C(=O)/C=C/c3ccccc3)cc2)cc1)c1ccccc1. The lowest BCUT2D eigenvalue weighted by atomic mass is 10.1. The van der Waals surface area contributed by atoms with Crippen molar-refractivity contribution >= 4 is 23.7 Å². The average molecular weight is 505 g/mol. The first-order chi connectivity index (χ1) is 18.6. The van der Waals surface area contributed by atoms with Crippen molar-refractivity contribution in [3.05, 3.63) is 144 Å². The van der Waals surface area contributed by atoms with Crippen LogP contribution in [0.2, 0.25) is 0 Å². The molecule has 4 aromatic rings. The van der Waals surface area contributed by atoms with Crippen molar-refractivity contribution in [1.82, 2.24) is 0 Å². The van der Waals surface area contributed by atoms with Crippen molar-refractivity contribution in [1.29, 1.82) is 0 Å². The van der Waals surface area contributed by atoms with E-state index in [-0.39, 0.29) is 24.8 Å². The van der Waals surface area contributed by atoms with Crippen LogP contribution in [0, 0.1) is 0 Å². The Morgan fingerprint density at radius 3 is 1.53 bits per heavy atom. The summed E-state index contributed by atoms with van der Waals surface area (Å²) in [6, 6.07) is 32.7. The molecule has 0 saturated heterocycles. The summed E-state index contributed by atoms with van der Waals surface area (Å²) in [7, 11) is 0. The Balaban J connectivity index is 1.19. The lowest BCUT2D eigenvalue weighted by molar-refractivity contribution is 0.0626. The van der Waals surface area contributed by atoms with E-state index in [0.717, 1.165) is 11.1 Å². The molecule has 0 unspecified atom stereocenters. The predicted molar refractivity (Wildman–Crippen MR) is 149 cm³/mol. The minimum atomic E-state index is -0.840. The zero-order chi connectivity index (χ0) is 26.6. The van der Waals surface area contributed by atoms with Crippen LogP contribution >= 0.6 is 0 Å². The first kappa shape index (κ1) is 26.3. The Hall–Kier alpha value is -4.74. The number of benzene rings is 4. The molecule has 0 spiro atoms. The highest BCUT2D eigenvalue weighted by molar-refractivity contribution is 6.07. The van der Waals surface area contributed by atoms with Gasteiger partial charge in [0.15, 0.2) is 11.6 Å². The van der Waals surface area contributed by atoms with Crippen LogP contribution in [0.1, 0.15) is 31.8 Å². The molecular weight excluding hydrogens is 476 g/mol. The maximum absolute atomic E-state index is 12.4. The first-order valence-electron chi connectivity index (χ1n) is 12.3. The predicted octanol–water partition coefficient (Wildman–Crippen LogP) is 6.30. The van der Waals surface area contributed by atoms with Gasteiger partial charge in [-0.25, -0.2) is 0 Å². The molecule has 0 saturated carbocycles. The van der Waals surface area contributed by atoms with Gasteiger partial charge in [-0.15, -0.1) is 0 Å². The quantitative estimate of drug-likeness (QED) is 0.181. The third-order valence-corrected chi connectivity index (χ3v) is 5.62. The molecule has 0 aliphatic carbocycles. The summed E-state index contributed by atoms with van der Waals surface area (Å²) in [6.45, 7) is 0.103. The molecule has 0 fully saturated rings. The van der Waals surface area contributed by atoms with E-state index in [4.69, 9.17) is 9.47 Å². The molecule has 0 radical (unpaired) electrons. The van der Waals surface area contributed by atoms with Gasteiger partial charge < -0.3 is 14.6 Å². The maximum Gasteiger partial charge on any atom is 0.185 e. The number of carbonyl (C=O) groups excluding carboxylic acids is 2. The van der Waals surface area contributed by atoms with Crippen molar-refractivity contribution in [3.63, 3.8) is 0 Å². The van der Waals surface area contributed by atoms with Crippen molar-refractivity contribution in [2.75, 3.05) is 13.2 Å². The minimum absolute atomic E-state index is 0.0453. The van der Waals surface area contributed by atoms with Crippen LogP contribution in [0.4, 0.5) is 0 Å². The van der Waals surface area contributed by atoms with E-state index in [1.54, 1.807) is 66.8 Å². The fourth-order valence-corrected chi connectivity index (χ4v) is 3.53. The molecule has 0 aliphatic heterocycles. The number of hydrogen-bond donors (Lipinski definition) is 1. The number of hydrogen-bond acceptors (Lipinski definition) is 5. The van der Waals surface area contributed by atoms with Crippen LogP contribution in [0.15, 0.2) is 121 Å². The lowest BCUT2D eigenvalue weighted by Gasteiger charge is -2.14. The molecule has 1 N–H and O–H groups in total. The summed E-state index contributed by atoms with van der Waals surface area (Å²) in [6.07, 6.45) is 5.77. The van der Waals surface area contributed by atoms with Gasteiger partial charge in [0.05, 0.1) is 0 Å². The summed E-state index contributed by atoms with van der Waals surface area (Å²) in [5.41, 5.74) is 3.01. The molecule has 0 amide bonds. The van der Waals surface area contributed by atoms with Gasteiger partial charge in [0, 0.05) is 11.1 Å². The largest absolute Gasteiger partial charge is 0.491 e. The second-order valence-corrected chi connectivity index (χ2v) is 8.54. The molecule has 190 valence electrons. The van der Waals surface area contributed by atoms with Crippen LogP contribution < -0.4 is 9.47 Å². The lowest BCUT2D eigenvalue weighted by Crippen LogP contribution is -2.25. The second-order valence-electron chi connectivity index (χ2n) is 8.54. The van der Waals surface area contributed by atoms with E-state index in [1.165, 1.54) is 6.08 Å². The number of aliphatic hydroxyl groups is 1. The maximum atomic E-state index is 12.4. The fourth-order valence-electron chi connectivity index (χ4n) is 3.53. The van der Waals surface area contributed by atoms with E-state index in [1.807, 2.05) is 60.7 Å². The van der Waals surface area contributed by atoms with E-state index >= 15 is 0 Å². The summed E-state index contributed by atoms with van der Waals surface area (Å²) in [5, 5.41) is 10.2. The highest BCUT2D eigenvalue weighted by Gasteiger charge is 2.08. The van der Waals surface area contributed by atoms with Gasteiger partial charge >= 0.3 is 0 Å². The third-order valence-electron chi connectivity index (χ3n) is 5.62. The van der Waals surface area contributed by atoms with Crippen LogP contribution in [-0.2, 0) is 0 Å². The number of ketones is 2. The van der Waals surface area contributed by atoms with Crippen molar-refractivity contribution in [3.8, 4) is 11.5 Å². The molecule has 1 atom stereocenters. The first-order valence-corrected chi connectivity index (χ1v) is 12.3. The minimum Gasteiger partial charge on any atom is -0.491 e. The Labute approximate surface area is 222 Å². The Morgan fingerprint density at radius 2 is 1.00 bits per heavy atom. The van der Waals surface area contributed by atoms with Crippen molar-refractivity contribution < 1.29 is 24.2 Å². The number of ether oxygens (including phenoxy) is 2. The Kier molecular flexibility index (Phi) is 9.38. The molecular formula is C33H28O5. The number of aliphatic hydroxyl groups excluding tert-OH is 1. The summed E-state index contributed by atoms with van der Waals surface area (Å²) < 4.78 is 11.3. The molecule has 0 aromatic heterocycles. The van der Waals surface area contributed by atoms with E-state index in [9.17, 15) is 14.7 Å². The van der Waals surface area contributed by atoms with E-state index in [2.05, 4.69) is 0 Å². The number of carbonyl (C=O) groups is 2. The smallest absolute Gasteiger partial charge is 0.185 e. The van der Waals surface area contributed by atoms with Crippen LogP contribution in [0.3, 0.4) is 0 Å². The average Bonchev–Trinajstić information content (AvgIpc) is 2.98. The van der Waals surface area contributed by atoms with Gasteiger partial charge in [0.1, 0.15) is 30.8 Å². The van der Waals surface area contributed by atoms with Crippen molar-refractivity contribution in [2.24, 2.45) is 0 Å². The zero-order valence-electron chi connectivity index (χ0n) is 20.8. The summed E-state index contributed by atoms with van der Waals surface area (Å²) in [4.78, 5) is 24.5.